The Morgan fingerprint density at radius 1 is 1.25 bits per heavy atom. The lowest BCUT2D eigenvalue weighted by atomic mass is 9.96. The number of hydrogen-bond donors (Lipinski definition) is 1. The number of hydrogen-bond acceptors (Lipinski definition) is 1. The molecule has 16 heavy (non-hydrogen) atoms. The summed E-state index contributed by atoms with van der Waals surface area (Å²) in [5.74, 6) is 0.587. The van der Waals surface area contributed by atoms with Gasteiger partial charge in [-0.25, -0.2) is 0 Å². The summed E-state index contributed by atoms with van der Waals surface area (Å²) in [7, 11) is 0. The van der Waals surface area contributed by atoms with Crippen molar-refractivity contribution >= 4 is 0 Å². The van der Waals surface area contributed by atoms with Gasteiger partial charge in [-0.3, -0.25) is 14.6 Å². The van der Waals surface area contributed by atoms with Crippen LogP contribution in [-0.4, -0.2) is 9.78 Å². The number of rotatable bonds is 2. The van der Waals surface area contributed by atoms with E-state index in [2.05, 4.69) is 23.6 Å². The van der Waals surface area contributed by atoms with Crippen LogP contribution < -0.4 is 5.56 Å². The maximum absolute atomic E-state index is 11.5. The maximum Gasteiger partial charge on any atom is 0.264 e. The molecule has 0 amide bonds. The first-order chi connectivity index (χ1) is 7.68. The van der Waals surface area contributed by atoms with E-state index in [1.54, 1.807) is 6.07 Å². The molecule has 1 fully saturated rings. The highest BCUT2D eigenvalue weighted by Gasteiger charge is 2.19. The minimum Gasteiger partial charge on any atom is -0.286 e. The Bertz CT molecular complexity index is 381. The Morgan fingerprint density at radius 2 is 1.88 bits per heavy atom. The molecule has 1 N–H and O–H groups in total. The van der Waals surface area contributed by atoms with Crippen LogP contribution in [0, 0.1) is 0 Å². The van der Waals surface area contributed by atoms with Crippen molar-refractivity contribution in [2.24, 2.45) is 0 Å². The van der Waals surface area contributed by atoms with Gasteiger partial charge >= 0.3 is 0 Å². The second kappa shape index (κ2) is 4.89. The summed E-state index contributed by atoms with van der Waals surface area (Å²) in [6.45, 7) is 4.24. The minimum absolute atomic E-state index is 0.0490. The molecule has 1 heterocycles. The van der Waals surface area contributed by atoms with Gasteiger partial charge in [0.2, 0.25) is 0 Å². The lowest BCUT2D eigenvalue weighted by Gasteiger charge is -2.19. The average molecular weight is 222 g/mol. The largest absolute Gasteiger partial charge is 0.286 e. The second-order valence-corrected chi connectivity index (χ2v) is 5.20. The molecule has 3 nitrogen and oxygen atoms in total. The zero-order chi connectivity index (χ0) is 11.5. The standard InChI is InChI=1S/C13H22N2O/c1-10(2)15-12(9-13(16)14-15)11-7-5-3-4-6-8-11/h9-11H,3-8H2,1-2H3,(H,14,16). The SMILES string of the molecule is CC(C)n1[nH]c(=O)cc1C1CCCCCC1. The van der Waals surface area contributed by atoms with Gasteiger partial charge in [-0.05, 0) is 26.7 Å². The zero-order valence-corrected chi connectivity index (χ0v) is 10.3. The molecule has 0 spiro atoms. The van der Waals surface area contributed by atoms with Crippen LogP contribution in [0.1, 0.15) is 70.0 Å². The van der Waals surface area contributed by atoms with E-state index in [4.69, 9.17) is 0 Å². The molecular weight excluding hydrogens is 200 g/mol. The predicted octanol–water partition coefficient (Wildman–Crippen LogP) is 3.20. The smallest absolute Gasteiger partial charge is 0.264 e. The molecule has 1 aromatic heterocycles. The Kier molecular flexibility index (Phi) is 3.52. The molecule has 0 saturated heterocycles. The van der Waals surface area contributed by atoms with Crippen molar-refractivity contribution in [1.29, 1.82) is 0 Å². The topological polar surface area (TPSA) is 37.8 Å². The van der Waals surface area contributed by atoms with Crippen molar-refractivity contribution < 1.29 is 0 Å². The molecule has 2 rings (SSSR count). The Morgan fingerprint density at radius 3 is 2.44 bits per heavy atom. The van der Waals surface area contributed by atoms with Crippen molar-refractivity contribution in [1.82, 2.24) is 9.78 Å². The Balaban J connectivity index is 2.26. The van der Waals surface area contributed by atoms with E-state index in [0.29, 0.717) is 12.0 Å². The van der Waals surface area contributed by atoms with Crippen molar-refractivity contribution in [3.8, 4) is 0 Å². The van der Waals surface area contributed by atoms with E-state index < -0.39 is 0 Å². The molecule has 3 heteroatoms. The minimum atomic E-state index is 0.0490. The summed E-state index contributed by atoms with van der Waals surface area (Å²) in [6.07, 6.45) is 7.80. The maximum atomic E-state index is 11.5. The third-order valence-corrected chi connectivity index (χ3v) is 3.58. The Hall–Kier alpha value is -0.990. The Labute approximate surface area is 96.8 Å². The van der Waals surface area contributed by atoms with Gasteiger partial charge in [0.15, 0.2) is 0 Å². The molecule has 0 aliphatic heterocycles. The van der Waals surface area contributed by atoms with Gasteiger partial charge < -0.3 is 0 Å². The summed E-state index contributed by atoms with van der Waals surface area (Å²) in [6, 6.07) is 2.15. The van der Waals surface area contributed by atoms with Crippen molar-refractivity contribution in [2.75, 3.05) is 0 Å². The highest BCUT2D eigenvalue weighted by atomic mass is 16.1. The van der Waals surface area contributed by atoms with E-state index in [0.717, 1.165) is 0 Å². The third-order valence-electron chi connectivity index (χ3n) is 3.58. The van der Waals surface area contributed by atoms with E-state index in [1.807, 2.05) is 0 Å². The van der Waals surface area contributed by atoms with Gasteiger partial charge in [-0.2, -0.15) is 0 Å². The monoisotopic (exact) mass is 222 g/mol. The molecule has 0 radical (unpaired) electrons. The molecule has 1 aliphatic rings. The highest BCUT2D eigenvalue weighted by molar-refractivity contribution is 5.09. The first kappa shape index (κ1) is 11.5. The molecule has 1 aliphatic carbocycles. The molecule has 0 unspecified atom stereocenters. The van der Waals surface area contributed by atoms with Gasteiger partial charge in [0.1, 0.15) is 0 Å². The van der Waals surface area contributed by atoms with E-state index in [9.17, 15) is 4.79 Å². The van der Waals surface area contributed by atoms with Crippen LogP contribution in [-0.2, 0) is 0 Å². The van der Waals surface area contributed by atoms with Crippen molar-refractivity contribution in [2.45, 2.75) is 64.3 Å². The first-order valence-electron chi connectivity index (χ1n) is 6.50. The second-order valence-electron chi connectivity index (χ2n) is 5.20. The zero-order valence-electron chi connectivity index (χ0n) is 10.3. The molecule has 0 aromatic carbocycles. The van der Waals surface area contributed by atoms with Gasteiger partial charge in [0.25, 0.3) is 5.56 Å². The van der Waals surface area contributed by atoms with E-state index in [-0.39, 0.29) is 5.56 Å². The third kappa shape index (κ3) is 2.39. The number of nitrogens with one attached hydrogen (secondary N) is 1. The van der Waals surface area contributed by atoms with Gasteiger partial charge in [0, 0.05) is 23.7 Å². The molecule has 1 saturated carbocycles. The fourth-order valence-electron chi connectivity index (χ4n) is 2.74. The van der Waals surface area contributed by atoms with Crippen molar-refractivity contribution in [3.63, 3.8) is 0 Å². The highest BCUT2D eigenvalue weighted by Crippen LogP contribution is 2.31. The van der Waals surface area contributed by atoms with Crippen LogP contribution in [0.2, 0.25) is 0 Å². The first-order valence-corrected chi connectivity index (χ1v) is 6.50. The summed E-state index contributed by atoms with van der Waals surface area (Å²) in [5, 5.41) is 2.92. The van der Waals surface area contributed by atoms with Crippen LogP contribution in [0.15, 0.2) is 10.9 Å². The molecular formula is C13H22N2O. The number of nitrogens with zero attached hydrogens (tertiary/aromatic N) is 1. The quantitative estimate of drug-likeness (QED) is 0.767. The lowest BCUT2D eigenvalue weighted by Crippen LogP contribution is -2.12. The average Bonchev–Trinajstić information content (AvgIpc) is 2.49. The van der Waals surface area contributed by atoms with Gasteiger partial charge in [0.05, 0.1) is 0 Å². The fourth-order valence-corrected chi connectivity index (χ4v) is 2.74. The predicted molar refractivity (Wildman–Crippen MR) is 65.9 cm³/mol. The van der Waals surface area contributed by atoms with Crippen LogP contribution >= 0.6 is 0 Å². The molecule has 0 bridgehead atoms. The summed E-state index contributed by atoms with van der Waals surface area (Å²) in [4.78, 5) is 11.5. The fraction of sp³-hybridized carbons (Fsp3) is 0.769. The van der Waals surface area contributed by atoms with Crippen LogP contribution in [0.5, 0.6) is 0 Å². The van der Waals surface area contributed by atoms with Crippen LogP contribution in [0.4, 0.5) is 0 Å². The molecule has 90 valence electrons. The van der Waals surface area contributed by atoms with E-state index in [1.165, 1.54) is 44.2 Å². The van der Waals surface area contributed by atoms with Gasteiger partial charge in [-0.1, -0.05) is 25.7 Å². The summed E-state index contributed by atoms with van der Waals surface area (Å²) < 4.78 is 2.05. The molecule has 1 aromatic rings. The number of aromatic amines is 1. The normalized spacial score (nSPS) is 18.9. The van der Waals surface area contributed by atoms with Crippen molar-refractivity contribution in [3.05, 3.63) is 22.1 Å². The van der Waals surface area contributed by atoms with E-state index >= 15 is 0 Å². The summed E-state index contributed by atoms with van der Waals surface area (Å²) >= 11 is 0. The van der Waals surface area contributed by atoms with Gasteiger partial charge in [-0.15, -0.1) is 0 Å². The number of aromatic nitrogens is 2. The lowest BCUT2D eigenvalue weighted by molar-refractivity contribution is 0.461. The number of H-pyrrole nitrogens is 1. The van der Waals surface area contributed by atoms with Crippen LogP contribution in [0.3, 0.4) is 0 Å². The molecule has 0 atom stereocenters. The van der Waals surface area contributed by atoms with Crippen LogP contribution in [0.25, 0.3) is 0 Å². The summed E-state index contributed by atoms with van der Waals surface area (Å²) in [5.41, 5.74) is 1.27.